The van der Waals surface area contributed by atoms with Crippen LogP contribution in [0.25, 0.3) is 0 Å². The van der Waals surface area contributed by atoms with Crippen molar-refractivity contribution >= 4 is 5.71 Å². The Morgan fingerprint density at radius 2 is 2.00 bits per heavy atom. The van der Waals surface area contributed by atoms with E-state index in [0.717, 1.165) is 6.54 Å². The van der Waals surface area contributed by atoms with Gasteiger partial charge in [-0.25, -0.2) is 0 Å². The van der Waals surface area contributed by atoms with Gasteiger partial charge in [0.15, 0.2) is 5.71 Å². The minimum Gasteiger partial charge on any atom is -0.137 e. The Bertz CT molecular complexity index is 195. The second kappa shape index (κ2) is 2.15. The molecule has 1 rings (SSSR count). The summed E-state index contributed by atoms with van der Waals surface area (Å²) in [4.78, 5) is 0. The van der Waals surface area contributed by atoms with Gasteiger partial charge in [0.2, 0.25) is 6.54 Å². The molecule has 1 aliphatic heterocycles. The summed E-state index contributed by atoms with van der Waals surface area (Å²) in [5, 5.41) is 7.83. The Hall–Kier alpha value is -0.730. The van der Waals surface area contributed by atoms with Gasteiger partial charge in [-0.15, -0.1) is 4.68 Å². The summed E-state index contributed by atoms with van der Waals surface area (Å²) in [6.45, 7) is 7.29. The predicted octanol–water partition coefficient (Wildman–Crippen LogP) is 1.50. The van der Waals surface area contributed by atoms with Crippen molar-refractivity contribution in [2.24, 2.45) is 15.8 Å². The second-order valence-electron chi connectivity index (χ2n) is 3.61. The molecule has 0 bridgehead atoms. The molecule has 0 fully saturated rings. The summed E-state index contributed by atoms with van der Waals surface area (Å²) in [5.41, 5.74) is 1.49. The second-order valence-corrected chi connectivity index (χ2v) is 3.61. The molecule has 0 aromatic carbocycles. The smallest absolute Gasteiger partial charge is 0.137 e. The first-order valence-corrected chi connectivity index (χ1v) is 3.49. The molecule has 1 aliphatic rings. The van der Waals surface area contributed by atoms with E-state index in [-0.39, 0.29) is 5.41 Å². The quantitative estimate of drug-likeness (QED) is 0.456. The van der Waals surface area contributed by atoms with E-state index in [9.17, 15) is 0 Å². The van der Waals surface area contributed by atoms with Crippen LogP contribution < -0.4 is 0 Å². The van der Waals surface area contributed by atoms with Crippen LogP contribution in [0.3, 0.4) is 0 Å². The Labute approximate surface area is 61.4 Å². The lowest BCUT2D eigenvalue weighted by atomic mass is 9.90. The van der Waals surface area contributed by atoms with Crippen LogP contribution in [-0.2, 0) is 0 Å². The fourth-order valence-corrected chi connectivity index (χ4v) is 1.07. The molecule has 0 radical (unpaired) electrons. The molecule has 1 heterocycles. The van der Waals surface area contributed by atoms with Crippen molar-refractivity contribution in [3.05, 3.63) is 0 Å². The SMILES string of the molecule is C[N+]1=C(C(C)(C)C)CN=N1. The molecule has 0 atom stereocenters. The predicted molar refractivity (Wildman–Crippen MR) is 40.4 cm³/mol. The number of hydrogen-bond donors (Lipinski definition) is 0. The normalized spacial score (nSPS) is 18.8. The monoisotopic (exact) mass is 140 g/mol. The van der Waals surface area contributed by atoms with Crippen molar-refractivity contribution in [2.75, 3.05) is 13.6 Å². The van der Waals surface area contributed by atoms with E-state index in [1.54, 1.807) is 0 Å². The third-order valence-corrected chi connectivity index (χ3v) is 1.67. The molecule has 0 amide bonds. The molecule has 0 aliphatic carbocycles. The molecular formula is C7H14N3+. The van der Waals surface area contributed by atoms with E-state index < -0.39 is 0 Å². The maximum atomic E-state index is 3.93. The molecule has 0 unspecified atom stereocenters. The summed E-state index contributed by atoms with van der Waals surface area (Å²) in [7, 11) is 1.94. The number of hydrogen-bond acceptors (Lipinski definition) is 2. The minimum atomic E-state index is 0.207. The number of rotatable bonds is 0. The molecule has 0 saturated carbocycles. The molecule has 10 heavy (non-hydrogen) atoms. The third kappa shape index (κ3) is 1.23. The summed E-state index contributed by atoms with van der Waals surface area (Å²) in [6, 6.07) is 0. The first-order valence-electron chi connectivity index (χ1n) is 3.49. The van der Waals surface area contributed by atoms with Gasteiger partial charge in [0.25, 0.3) is 0 Å². The highest BCUT2D eigenvalue weighted by Crippen LogP contribution is 2.18. The molecule has 56 valence electrons. The van der Waals surface area contributed by atoms with Crippen LogP contribution in [0.2, 0.25) is 0 Å². The van der Waals surface area contributed by atoms with Gasteiger partial charge in [0, 0.05) is 10.5 Å². The van der Waals surface area contributed by atoms with Gasteiger partial charge in [-0.1, -0.05) is 20.8 Å². The van der Waals surface area contributed by atoms with Crippen LogP contribution in [0, 0.1) is 5.41 Å². The van der Waals surface area contributed by atoms with Crippen LogP contribution in [0.1, 0.15) is 20.8 Å². The van der Waals surface area contributed by atoms with Crippen molar-refractivity contribution in [1.82, 2.24) is 0 Å². The van der Waals surface area contributed by atoms with Gasteiger partial charge in [-0.3, -0.25) is 0 Å². The summed E-state index contributed by atoms with van der Waals surface area (Å²) >= 11 is 0. The average Bonchev–Trinajstić information content (AvgIpc) is 2.11. The van der Waals surface area contributed by atoms with E-state index in [4.69, 9.17) is 0 Å². The Morgan fingerprint density at radius 3 is 2.20 bits per heavy atom. The van der Waals surface area contributed by atoms with Gasteiger partial charge in [-0.05, 0) is 0 Å². The standard InChI is InChI=1S/C7H14N3/c1-7(2,3)6-5-8-9-10(6)4/h5H2,1-4H3/q+1. The van der Waals surface area contributed by atoms with E-state index in [1.165, 1.54) is 5.71 Å². The Kier molecular flexibility index (Phi) is 1.58. The first kappa shape index (κ1) is 7.38. The lowest BCUT2D eigenvalue weighted by molar-refractivity contribution is -0.508. The van der Waals surface area contributed by atoms with Crippen LogP contribution in [-0.4, -0.2) is 24.0 Å². The lowest BCUT2D eigenvalue weighted by Crippen LogP contribution is -2.27. The fraction of sp³-hybridized carbons (Fsp3) is 0.857. The molecule has 3 heteroatoms. The molecular weight excluding hydrogens is 126 g/mol. The van der Waals surface area contributed by atoms with Crippen molar-refractivity contribution in [3.8, 4) is 0 Å². The van der Waals surface area contributed by atoms with Crippen molar-refractivity contribution in [3.63, 3.8) is 0 Å². The molecule has 0 N–H and O–H groups in total. The zero-order valence-corrected chi connectivity index (χ0v) is 7.05. The summed E-state index contributed by atoms with van der Waals surface area (Å²) < 4.78 is 1.86. The van der Waals surface area contributed by atoms with E-state index in [1.807, 2.05) is 11.7 Å². The number of nitrogens with zero attached hydrogens (tertiary/aromatic N) is 3. The van der Waals surface area contributed by atoms with E-state index in [2.05, 4.69) is 31.1 Å². The molecule has 0 spiro atoms. The van der Waals surface area contributed by atoms with Crippen molar-refractivity contribution in [2.45, 2.75) is 20.8 Å². The molecule has 0 aromatic heterocycles. The van der Waals surface area contributed by atoms with Crippen molar-refractivity contribution in [1.29, 1.82) is 0 Å². The van der Waals surface area contributed by atoms with E-state index in [0.29, 0.717) is 0 Å². The maximum absolute atomic E-state index is 3.93. The highest BCUT2D eigenvalue weighted by Gasteiger charge is 2.29. The average molecular weight is 140 g/mol. The molecule has 0 aromatic rings. The Balaban J connectivity index is 2.86. The topological polar surface area (TPSA) is 27.7 Å². The van der Waals surface area contributed by atoms with Crippen LogP contribution >= 0.6 is 0 Å². The highest BCUT2D eigenvalue weighted by atomic mass is 15.5. The summed E-state index contributed by atoms with van der Waals surface area (Å²) in [6.07, 6.45) is 0. The molecule has 0 saturated heterocycles. The van der Waals surface area contributed by atoms with Gasteiger partial charge in [0.1, 0.15) is 12.3 Å². The third-order valence-electron chi connectivity index (χ3n) is 1.67. The minimum absolute atomic E-state index is 0.207. The highest BCUT2D eigenvalue weighted by molar-refractivity contribution is 5.87. The van der Waals surface area contributed by atoms with E-state index >= 15 is 0 Å². The zero-order chi connectivity index (χ0) is 7.78. The van der Waals surface area contributed by atoms with Crippen LogP contribution in [0.4, 0.5) is 0 Å². The van der Waals surface area contributed by atoms with Gasteiger partial charge in [-0.2, -0.15) is 0 Å². The zero-order valence-electron chi connectivity index (χ0n) is 7.05. The Morgan fingerprint density at radius 1 is 1.40 bits per heavy atom. The summed E-state index contributed by atoms with van der Waals surface area (Å²) in [5.74, 6) is 0. The first-order chi connectivity index (χ1) is 4.52. The van der Waals surface area contributed by atoms with Gasteiger partial charge in [0.05, 0.1) is 0 Å². The van der Waals surface area contributed by atoms with Gasteiger partial charge >= 0.3 is 0 Å². The maximum Gasteiger partial charge on any atom is 0.216 e. The van der Waals surface area contributed by atoms with Gasteiger partial charge < -0.3 is 0 Å². The molecule has 3 nitrogen and oxygen atoms in total. The van der Waals surface area contributed by atoms with Crippen LogP contribution in [0.5, 0.6) is 0 Å². The van der Waals surface area contributed by atoms with Crippen molar-refractivity contribution < 1.29 is 4.68 Å². The van der Waals surface area contributed by atoms with Crippen LogP contribution in [0.15, 0.2) is 10.3 Å². The largest absolute Gasteiger partial charge is 0.216 e. The lowest BCUT2D eigenvalue weighted by Gasteiger charge is -2.14. The fourth-order valence-electron chi connectivity index (χ4n) is 1.07.